The first-order valence-electron chi connectivity index (χ1n) is 5.16. The number of aryl methyl sites for hydroxylation is 1. The minimum atomic E-state index is 0.0906. The first kappa shape index (κ1) is 12.6. The van der Waals surface area contributed by atoms with E-state index in [1.54, 1.807) is 7.11 Å². The molecule has 0 aliphatic heterocycles. The summed E-state index contributed by atoms with van der Waals surface area (Å²) in [4.78, 5) is 0. The van der Waals surface area contributed by atoms with Gasteiger partial charge in [0.05, 0.1) is 20.8 Å². The normalized spacial score (nSPS) is 10.2. The molecule has 0 saturated heterocycles. The van der Waals surface area contributed by atoms with Crippen molar-refractivity contribution in [3.05, 3.63) is 17.2 Å². The Morgan fingerprint density at radius 3 is 2.44 bits per heavy atom. The second kappa shape index (κ2) is 5.61. The molecule has 0 radical (unpaired) electrons. The number of methoxy groups -OCH3 is 2. The Hall–Kier alpha value is -1.42. The van der Waals surface area contributed by atoms with Gasteiger partial charge in [-0.05, 0) is 25.5 Å². The summed E-state index contributed by atoms with van der Waals surface area (Å²) in [6, 6.07) is 1.83. The standard InChI is InChI=1S/C12H18O4/c1-5-16-7-9-8(2)6-10(14-3)12(15-4)11(9)13/h6,13H,5,7H2,1-4H3. The van der Waals surface area contributed by atoms with Crippen LogP contribution in [-0.2, 0) is 11.3 Å². The minimum absolute atomic E-state index is 0.0906. The highest BCUT2D eigenvalue weighted by Crippen LogP contribution is 2.41. The molecular formula is C12H18O4. The number of hydrogen-bond donors (Lipinski definition) is 1. The lowest BCUT2D eigenvalue weighted by atomic mass is 10.1. The number of aromatic hydroxyl groups is 1. The van der Waals surface area contributed by atoms with E-state index in [0.29, 0.717) is 24.7 Å². The number of hydrogen-bond acceptors (Lipinski definition) is 4. The van der Waals surface area contributed by atoms with Crippen LogP contribution >= 0.6 is 0 Å². The predicted molar refractivity (Wildman–Crippen MR) is 61.3 cm³/mol. The maximum absolute atomic E-state index is 10.0. The van der Waals surface area contributed by atoms with Crippen LogP contribution in [-0.4, -0.2) is 25.9 Å². The van der Waals surface area contributed by atoms with Gasteiger partial charge in [-0.1, -0.05) is 0 Å². The largest absolute Gasteiger partial charge is 0.504 e. The number of rotatable bonds is 5. The van der Waals surface area contributed by atoms with Crippen LogP contribution in [0.25, 0.3) is 0 Å². The first-order chi connectivity index (χ1) is 7.65. The van der Waals surface area contributed by atoms with Crippen molar-refractivity contribution in [1.82, 2.24) is 0 Å². The summed E-state index contributed by atoms with van der Waals surface area (Å²) in [6.07, 6.45) is 0. The Labute approximate surface area is 95.8 Å². The van der Waals surface area contributed by atoms with E-state index in [9.17, 15) is 5.11 Å². The Bertz CT molecular complexity index is 361. The topological polar surface area (TPSA) is 47.9 Å². The second-order valence-electron chi connectivity index (χ2n) is 3.39. The first-order valence-corrected chi connectivity index (χ1v) is 5.16. The molecule has 0 aliphatic rings. The molecule has 0 aliphatic carbocycles. The summed E-state index contributed by atoms with van der Waals surface area (Å²) < 4.78 is 15.5. The quantitative estimate of drug-likeness (QED) is 0.836. The van der Waals surface area contributed by atoms with Crippen LogP contribution in [0.15, 0.2) is 6.07 Å². The zero-order valence-electron chi connectivity index (χ0n) is 10.2. The van der Waals surface area contributed by atoms with E-state index >= 15 is 0 Å². The number of phenolic OH excluding ortho intramolecular Hbond substituents is 1. The van der Waals surface area contributed by atoms with Gasteiger partial charge in [-0.3, -0.25) is 0 Å². The summed E-state index contributed by atoms with van der Waals surface area (Å²) in [6.45, 7) is 4.78. The van der Waals surface area contributed by atoms with Gasteiger partial charge in [-0.15, -0.1) is 0 Å². The Morgan fingerprint density at radius 2 is 1.94 bits per heavy atom. The van der Waals surface area contributed by atoms with Crippen molar-refractivity contribution in [3.63, 3.8) is 0 Å². The number of benzene rings is 1. The smallest absolute Gasteiger partial charge is 0.203 e. The fourth-order valence-electron chi connectivity index (χ4n) is 1.53. The molecule has 0 heterocycles. The molecule has 0 fully saturated rings. The van der Waals surface area contributed by atoms with Crippen LogP contribution in [0.5, 0.6) is 17.2 Å². The third-order valence-electron chi connectivity index (χ3n) is 2.42. The van der Waals surface area contributed by atoms with Crippen molar-refractivity contribution in [2.75, 3.05) is 20.8 Å². The molecule has 4 heteroatoms. The van der Waals surface area contributed by atoms with Crippen LogP contribution in [0.1, 0.15) is 18.1 Å². The van der Waals surface area contributed by atoms with Gasteiger partial charge >= 0.3 is 0 Å². The lowest BCUT2D eigenvalue weighted by Crippen LogP contribution is -1.99. The SMILES string of the molecule is CCOCc1c(C)cc(OC)c(OC)c1O. The molecule has 1 N–H and O–H groups in total. The van der Waals surface area contributed by atoms with Crippen LogP contribution in [0.2, 0.25) is 0 Å². The fraction of sp³-hybridized carbons (Fsp3) is 0.500. The third kappa shape index (κ3) is 2.39. The van der Waals surface area contributed by atoms with Crippen LogP contribution in [0.4, 0.5) is 0 Å². The Morgan fingerprint density at radius 1 is 1.25 bits per heavy atom. The summed E-state index contributed by atoms with van der Waals surface area (Å²) in [5, 5.41) is 10.0. The van der Waals surface area contributed by atoms with E-state index < -0.39 is 0 Å². The van der Waals surface area contributed by atoms with E-state index in [4.69, 9.17) is 14.2 Å². The van der Waals surface area contributed by atoms with E-state index in [-0.39, 0.29) is 5.75 Å². The molecular weight excluding hydrogens is 208 g/mol. The molecule has 4 nitrogen and oxygen atoms in total. The maximum Gasteiger partial charge on any atom is 0.203 e. The van der Waals surface area contributed by atoms with Gasteiger partial charge in [-0.2, -0.15) is 0 Å². The lowest BCUT2D eigenvalue weighted by Gasteiger charge is -2.15. The summed E-state index contributed by atoms with van der Waals surface area (Å²) in [5.74, 6) is 0.966. The predicted octanol–water partition coefficient (Wildman–Crippen LogP) is 2.25. The van der Waals surface area contributed by atoms with Gasteiger partial charge in [0.1, 0.15) is 0 Å². The molecule has 1 aromatic carbocycles. The number of ether oxygens (including phenoxy) is 3. The molecule has 0 unspecified atom stereocenters. The molecule has 16 heavy (non-hydrogen) atoms. The highest BCUT2D eigenvalue weighted by atomic mass is 16.5. The molecule has 0 atom stereocenters. The highest BCUT2D eigenvalue weighted by molar-refractivity contribution is 5.57. The van der Waals surface area contributed by atoms with Crippen molar-refractivity contribution < 1.29 is 19.3 Å². The van der Waals surface area contributed by atoms with Crippen molar-refractivity contribution in [2.24, 2.45) is 0 Å². The van der Waals surface area contributed by atoms with Crippen LogP contribution in [0, 0.1) is 6.92 Å². The zero-order chi connectivity index (χ0) is 12.1. The van der Waals surface area contributed by atoms with E-state index in [1.807, 2.05) is 19.9 Å². The average molecular weight is 226 g/mol. The lowest BCUT2D eigenvalue weighted by molar-refractivity contribution is 0.131. The third-order valence-corrected chi connectivity index (χ3v) is 2.42. The Kier molecular flexibility index (Phi) is 4.43. The van der Waals surface area contributed by atoms with Gasteiger partial charge in [-0.25, -0.2) is 0 Å². The molecule has 0 bridgehead atoms. The zero-order valence-corrected chi connectivity index (χ0v) is 10.2. The van der Waals surface area contributed by atoms with Crippen molar-refractivity contribution >= 4 is 0 Å². The van der Waals surface area contributed by atoms with Crippen molar-refractivity contribution in [2.45, 2.75) is 20.5 Å². The van der Waals surface area contributed by atoms with Gasteiger partial charge < -0.3 is 19.3 Å². The van der Waals surface area contributed by atoms with Gasteiger partial charge in [0, 0.05) is 12.2 Å². The van der Waals surface area contributed by atoms with Gasteiger partial charge in [0.15, 0.2) is 11.5 Å². The molecule has 1 rings (SSSR count). The second-order valence-corrected chi connectivity index (χ2v) is 3.39. The molecule has 0 amide bonds. The van der Waals surface area contributed by atoms with E-state index in [2.05, 4.69) is 0 Å². The van der Waals surface area contributed by atoms with Crippen LogP contribution in [0.3, 0.4) is 0 Å². The van der Waals surface area contributed by atoms with E-state index in [0.717, 1.165) is 11.1 Å². The molecule has 0 aromatic heterocycles. The molecule has 0 spiro atoms. The number of phenols is 1. The maximum atomic E-state index is 10.0. The van der Waals surface area contributed by atoms with Gasteiger partial charge in [0.2, 0.25) is 5.75 Å². The van der Waals surface area contributed by atoms with Crippen molar-refractivity contribution in [3.8, 4) is 17.2 Å². The fourth-order valence-corrected chi connectivity index (χ4v) is 1.53. The van der Waals surface area contributed by atoms with E-state index in [1.165, 1.54) is 7.11 Å². The highest BCUT2D eigenvalue weighted by Gasteiger charge is 2.16. The molecule has 0 saturated carbocycles. The minimum Gasteiger partial charge on any atom is -0.504 e. The monoisotopic (exact) mass is 226 g/mol. The molecule has 1 aromatic rings. The summed E-state index contributed by atoms with van der Waals surface area (Å²) in [5.41, 5.74) is 1.66. The van der Waals surface area contributed by atoms with Gasteiger partial charge in [0.25, 0.3) is 0 Å². The summed E-state index contributed by atoms with van der Waals surface area (Å²) in [7, 11) is 3.04. The average Bonchev–Trinajstić information content (AvgIpc) is 2.28. The van der Waals surface area contributed by atoms with Crippen LogP contribution < -0.4 is 9.47 Å². The Balaban J connectivity index is 3.18. The summed E-state index contributed by atoms with van der Waals surface area (Å²) >= 11 is 0. The van der Waals surface area contributed by atoms with Crippen molar-refractivity contribution in [1.29, 1.82) is 0 Å². The molecule has 90 valence electrons.